The van der Waals surface area contributed by atoms with E-state index in [4.69, 9.17) is 0 Å². The third-order valence-electron chi connectivity index (χ3n) is 4.60. The van der Waals surface area contributed by atoms with E-state index in [1.807, 2.05) is 48.8 Å². The average Bonchev–Trinajstić information content (AvgIpc) is 3.13. The molecule has 3 aromatic carbocycles. The number of rotatable bonds is 6. The number of imidazole rings is 1. The van der Waals surface area contributed by atoms with Crippen molar-refractivity contribution in [3.05, 3.63) is 95.8 Å². The van der Waals surface area contributed by atoms with Gasteiger partial charge in [-0.05, 0) is 41.0 Å². The third kappa shape index (κ3) is 3.38. The van der Waals surface area contributed by atoms with Crippen molar-refractivity contribution >= 4 is 11.0 Å². The normalized spacial score (nSPS) is 11.1. The van der Waals surface area contributed by atoms with Gasteiger partial charge in [0, 0.05) is 18.8 Å². The highest BCUT2D eigenvalue weighted by Crippen LogP contribution is 2.18. The molecular formula is C22H21N3O. The summed E-state index contributed by atoms with van der Waals surface area (Å²) in [6.07, 6.45) is 1.86. The number of hydrogen-bond acceptors (Lipinski definition) is 3. The molecule has 0 aliphatic carbocycles. The average molecular weight is 343 g/mol. The minimum absolute atomic E-state index is 0.0748. The summed E-state index contributed by atoms with van der Waals surface area (Å²) in [5.41, 5.74) is 6.55. The molecule has 26 heavy (non-hydrogen) atoms. The van der Waals surface area contributed by atoms with Gasteiger partial charge in [-0.2, -0.15) is 0 Å². The zero-order valence-electron chi connectivity index (χ0n) is 14.5. The number of aliphatic hydroxyl groups is 1. The van der Waals surface area contributed by atoms with E-state index in [0.717, 1.165) is 40.9 Å². The fourth-order valence-corrected chi connectivity index (χ4v) is 3.17. The van der Waals surface area contributed by atoms with E-state index in [1.165, 1.54) is 5.56 Å². The van der Waals surface area contributed by atoms with Gasteiger partial charge in [0.15, 0.2) is 0 Å². The predicted molar refractivity (Wildman–Crippen MR) is 104 cm³/mol. The van der Waals surface area contributed by atoms with Crippen molar-refractivity contribution in [1.82, 2.24) is 14.9 Å². The molecule has 2 N–H and O–H groups in total. The third-order valence-corrected chi connectivity index (χ3v) is 4.60. The van der Waals surface area contributed by atoms with Gasteiger partial charge in [0.25, 0.3) is 0 Å². The summed E-state index contributed by atoms with van der Waals surface area (Å²) in [7, 11) is 0. The molecule has 0 unspecified atom stereocenters. The number of nitrogens with zero attached hydrogens (tertiary/aromatic N) is 2. The quantitative estimate of drug-likeness (QED) is 0.560. The lowest BCUT2D eigenvalue weighted by atomic mass is 10.1. The first-order valence-electron chi connectivity index (χ1n) is 8.75. The fourth-order valence-electron chi connectivity index (χ4n) is 3.17. The van der Waals surface area contributed by atoms with E-state index in [9.17, 15) is 5.11 Å². The summed E-state index contributed by atoms with van der Waals surface area (Å²) in [4.78, 5) is 4.45. The van der Waals surface area contributed by atoms with Crippen LogP contribution in [0.25, 0.3) is 16.7 Å². The highest BCUT2D eigenvalue weighted by Gasteiger charge is 2.04. The first-order chi connectivity index (χ1) is 12.8. The minimum Gasteiger partial charge on any atom is -0.392 e. The Kier molecular flexibility index (Phi) is 4.78. The van der Waals surface area contributed by atoms with Gasteiger partial charge in [-0.1, -0.05) is 48.5 Å². The van der Waals surface area contributed by atoms with Crippen molar-refractivity contribution in [2.24, 2.45) is 0 Å². The number of fused-ring (bicyclic) bond motifs is 1. The zero-order chi connectivity index (χ0) is 17.8. The lowest BCUT2D eigenvalue weighted by molar-refractivity contribution is 0.280. The van der Waals surface area contributed by atoms with E-state index >= 15 is 0 Å². The van der Waals surface area contributed by atoms with Crippen LogP contribution in [0.1, 0.15) is 16.7 Å². The Balaban J connectivity index is 1.43. The molecule has 0 atom stereocenters. The summed E-state index contributed by atoms with van der Waals surface area (Å²) in [6, 6.07) is 24.6. The van der Waals surface area contributed by atoms with Crippen LogP contribution in [-0.4, -0.2) is 14.7 Å². The van der Waals surface area contributed by atoms with E-state index < -0.39 is 0 Å². The molecule has 4 rings (SSSR count). The first-order valence-corrected chi connectivity index (χ1v) is 8.75. The van der Waals surface area contributed by atoms with Crippen molar-refractivity contribution in [3.63, 3.8) is 0 Å². The summed E-state index contributed by atoms with van der Waals surface area (Å²) in [5, 5.41) is 12.8. The Bertz CT molecular complexity index is 1010. The number of benzene rings is 3. The van der Waals surface area contributed by atoms with E-state index in [2.05, 4.69) is 45.2 Å². The van der Waals surface area contributed by atoms with Gasteiger partial charge in [-0.3, -0.25) is 4.57 Å². The van der Waals surface area contributed by atoms with Crippen LogP contribution in [0.15, 0.2) is 79.1 Å². The van der Waals surface area contributed by atoms with Crippen LogP contribution in [0.3, 0.4) is 0 Å². The Labute approximate surface area is 152 Å². The molecule has 1 aromatic heterocycles. The summed E-state index contributed by atoms with van der Waals surface area (Å²) >= 11 is 0. The van der Waals surface area contributed by atoms with Gasteiger partial charge in [-0.15, -0.1) is 0 Å². The van der Waals surface area contributed by atoms with Gasteiger partial charge < -0.3 is 10.4 Å². The van der Waals surface area contributed by atoms with Gasteiger partial charge in [0.05, 0.1) is 17.6 Å². The van der Waals surface area contributed by atoms with Crippen molar-refractivity contribution in [1.29, 1.82) is 0 Å². The van der Waals surface area contributed by atoms with Crippen LogP contribution in [-0.2, 0) is 19.7 Å². The highest BCUT2D eigenvalue weighted by atomic mass is 16.3. The Morgan fingerprint density at radius 1 is 0.808 bits per heavy atom. The smallest absolute Gasteiger partial charge is 0.100 e. The van der Waals surface area contributed by atoms with Crippen LogP contribution < -0.4 is 5.32 Å². The maximum Gasteiger partial charge on any atom is 0.100 e. The van der Waals surface area contributed by atoms with Crippen molar-refractivity contribution < 1.29 is 5.11 Å². The Hall–Kier alpha value is -2.95. The van der Waals surface area contributed by atoms with Crippen LogP contribution in [0.5, 0.6) is 0 Å². The molecule has 0 spiro atoms. The van der Waals surface area contributed by atoms with Crippen LogP contribution >= 0.6 is 0 Å². The SMILES string of the molecule is OCc1ccccc1CNCc1ccc(-n2cnc3ccccc32)cc1. The largest absolute Gasteiger partial charge is 0.392 e. The molecule has 0 aliphatic heterocycles. The Morgan fingerprint density at radius 3 is 2.35 bits per heavy atom. The lowest BCUT2D eigenvalue weighted by Crippen LogP contribution is -2.14. The maximum absolute atomic E-state index is 9.40. The predicted octanol–water partition coefficient (Wildman–Crippen LogP) is 3.81. The van der Waals surface area contributed by atoms with E-state index in [1.54, 1.807) is 0 Å². The minimum atomic E-state index is 0.0748. The second kappa shape index (κ2) is 7.52. The molecule has 1 heterocycles. The summed E-state index contributed by atoms with van der Waals surface area (Å²) < 4.78 is 2.10. The molecule has 4 nitrogen and oxygen atoms in total. The van der Waals surface area contributed by atoms with Gasteiger partial charge in [0.1, 0.15) is 6.33 Å². The van der Waals surface area contributed by atoms with Gasteiger partial charge in [0.2, 0.25) is 0 Å². The molecule has 0 fully saturated rings. The van der Waals surface area contributed by atoms with Crippen LogP contribution in [0, 0.1) is 0 Å². The molecular weight excluding hydrogens is 322 g/mol. The van der Waals surface area contributed by atoms with Crippen molar-refractivity contribution in [3.8, 4) is 5.69 Å². The first kappa shape index (κ1) is 16.5. The molecule has 0 aliphatic rings. The van der Waals surface area contributed by atoms with Crippen LogP contribution in [0.4, 0.5) is 0 Å². The fraction of sp³-hybridized carbons (Fsp3) is 0.136. The molecule has 0 bridgehead atoms. The van der Waals surface area contributed by atoms with E-state index in [0.29, 0.717) is 0 Å². The highest BCUT2D eigenvalue weighted by molar-refractivity contribution is 5.77. The zero-order valence-corrected chi connectivity index (χ0v) is 14.5. The maximum atomic E-state index is 9.40. The Morgan fingerprint density at radius 2 is 1.54 bits per heavy atom. The number of hydrogen-bond donors (Lipinski definition) is 2. The second-order valence-corrected chi connectivity index (χ2v) is 6.30. The molecule has 4 aromatic rings. The van der Waals surface area contributed by atoms with Gasteiger partial charge in [-0.25, -0.2) is 4.98 Å². The molecule has 130 valence electrons. The molecule has 0 saturated carbocycles. The lowest BCUT2D eigenvalue weighted by Gasteiger charge is -2.10. The number of aliphatic hydroxyl groups excluding tert-OH is 1. The molecule has 0 saturated heterocycles. The van der Waals surface area contributed by atoms with Gasteiger partial charge >= 0.3 is 0 Å². The molecule has 4 heteroatoms. The van der Waals surface area contributed by atoms with E-state index in [-0.39, 0.29) is 6.61 Å². The van der Waals surface area contributed by atoms with Crippen molar-refractivity contribution in [2.45, 2.75) is 19.7 Å². The van der Waals surface area contributed by atoms with Crippen LogP contribution in [0.2, 0.25) is 0 Å². The number of para-hydroxylation sites is 2. The van der Waals surface area contributed by atoms with Crippen molar-refractivity contribution in [2.75, 3.05) is 0 Å². The topological polar surface area (TPSA) is 50.1 Å². The molecule has 0 radical (unpaired) electrons. The standard InChI is InChI=1S/C22H21N3O/c26-15-19-6-2-1-5-18(19)14-23-13-17-9-11-20(12-10-17)25-16-24-21-7-3-4-8-22(21)25/h1-12,16,23,26H,13-15H2. The monoisotopic (exact) mass is 343 g/mol. The number of nitrogens with one attached hydrogen (secondary N) is 1. The summed E-state index contributed by atoms with van der Waals surface area (Å²) in [6.45, 7) is 1.60. The summed E-state index contributed by atoms with van der Waals surface area (Å²) in [5.74, 6) is 0. The second-order valence-electron chi connectivity index (χ2n) is 6.30. The number of aromatic nitrogens is 2. The molecule has 0 amide bonds.